The summed E-state index contributed by atoms with van der Waals surface area (Å²) in [6.45, 7) is 1.87. The van der Waals surface area contributed by atoms with Crippen LogP contribution >= 0.6 is 0 Å². The molecule has 2 rings (SSSR count). The number of hydrogen-bond donors (Lipinski definition) is 2. The van der Waals surface area contributed by atoms with Crippen LogP contribution in [0.1, 0.15) is 22.8 Å². The summed E-state index contributed by atoms with van der Waals surface area (Å²) in [7, 11) is 1.59. The van der Waals surface area contributed by atoms with Gasteiger partial charge in [0.1, 0.15) is 5.75 Å². The van der Waals surface area contributed by atoms with Crippen molar-refractivity contribution in [2.75, 3.05) is 12.8 Å². The molecule has 1 amide bonds. The van der Waals surface area contributed by atoms with E-state index >= 15 is 0 Å². The molecule has 0 aliphatic carbocycles. The molecule has 0 spiro atoms. The van der Waals surface area contributed by atoms with Crippen LogP contribution in [-0.4, -0.2) is 25.1 Å². The number of nitrogens with two attached hydrogens (primary N) is 1. The lowest BCUT2D eigenvalue weighted by atomic mass is 10.2. The highest BCUT2D eigenvalue weighted by molar-refractivity contribution is 5.92. The second kappa shape index (κ2) is 8.01. The van der Waals surface area contributed by atoms with Gasteiger partial charge in [0.25, 0.3) is 5.91 Å². The van der Waals surface area contributed by atoms with Crippen molar-refractivity contribution in [1.82, 2.24) is 5.32 Å². The molecule has 0 saturated carbocycles. The Bertz CT molecular complexity index is 696. The van der Waals surface area contributed by atoms with Crippen LogP contribution in [0.2, 0.25) is 0 Å². The summed E-state index contributed by atoms with van der Waals surface area (Å²) in [5.74, 6) is -0.187. The Labute approximate surface area is 140 Å². The Morgan fingerprint density at radius 2 is 1.71 bits per heavy atom. The predicted octanol–water partition coefficient (Wildman–Crippen LogP) is 2.14. The second-order valence-electron chi connectivity index (χ2n) is 5.24. The molecular weight excluding hydrogens is 308 g/mol. The lowest BCUT2D eigenvalue weighted by molar-refractivity contribution is -0.129. The molecule has 0 unspecified atom stereocenters. The van der Waals surface area contributed by atoms with Gasteiger partial charge in [0.15, 0.2) is 6.10 Å². The number of amides is 1. The number of rotatable bonds is 6. The molecule has 2 aromatic rings. The summed E-state index contributed by atoms with van der Waals surface area (Å²) in [5.41, 5.74) is 7.38. The van der Waals surface area contributed by atoms with Crippen molar-refractivity contribution in [2.24, 2.45) is 0 Å². The topological polar surface area (TPSA) is 90.6 Å². The monoisotopic (exact) mass is 328 g/mol. The summed E-state index contributed by atoms with van der Waals surface area (Å²) in [6.07, 6.45) is -0.895. The molecule has 126 valence electrons. The fourth-order valence-corrected chi connectivity index (χ4v) is 1.98. The summed E-state index contributed by atoms with van der Waals surface area (Å²) < 4.78 is 10.2. The molecule has 0 heterocycles. The predicted molar refractivity (Wildman–Crippen MR) is 90.6 cm³/mol. The molecule has 3 N–H and O–H groups in total. The first kappa shape index (κ1) is 17.3. The fraction of sp³-hybridized carbons (Fsp3) is 0.222. The number of nitrogen functional groups attached to an aromatic ring is 1. The van der Waals surface area contributed by atoms with Crippen LogP contribution in [0.5, 0.6) is 5.75 Å². The molecule has 24 heavy (non-hydrogen) atoms. The van der Waals surface area contributed by atoms with Crippen molar-refractivity contribution in [3.63, 3.8) is 0 Å². The Balaban J connectivity index is 1.84. The van der Waals surface area contributed by atoms with Gasteiger partial charge >= 0.3 is 5.97 Å². The third kappa shape index (κ3) is 4.74. The van der Waals surface area contributed by atoms with E-state index in [4.69, 9.17) is 15.2 Å². The van der Waals surface area contributed by atoms with Crippen molar-refractivity contribution in [3.05, 3.63) is 59.7 Å². The Morgan fingerprint density at radius 3 is 2.29 bits per heavy atom. The first-order chi connectivity index (χ1) is 11.5. The number of esters is 1. The van der Waals surface area contributed by atoms with Crippen molar-refractivity contribution < 1.29 is 19.1 Å². The van der Waals surface area contributed by atoms with Gasteiger partial charge in [0.05, 0.1) is 12.7 Å². The zero-order valence-corrected chi connectivity index (χ0v) is 13.6. The van der Waals surface area contributed by atoms with E-state index in [1.807, 2.05) is 24.3 Å². The molecule has 2 aromatic carbocycles. The molecule has 0 saturated heterocycles. The molecule has 1 atom stereocenters. The minimum Gasteiger partial charge on any atom is -0.497 e. The summed E-state index contributed by atoms with van der Waals surface area (Å²) in [6, 6.07) is 13.6. The Hall–Kier alpha value is -3.02. The number of methoxy groups -OCH3 is 1. The molecule has 0 bridgehead atoms. The van der Waals surface area contributed by atoms with Gasteiger partial charge in [0.2, 0.25) is 0 Å². The van der Waals surface area contributed by atoms with E-state index < -0.39 is 12.1 Å². The molecular formula is C18H20N2O4. The van der Waals surface area contributed by atoms with Gasteiger partial charge in [-0.3, -0.25) is 4.79 Å². The van der Waals surface area contributed by atoms with Gasteiger partial charge in [-0.15, -0.1) is 0 Å². The average Bonchev–Trinajstić information content (AvgIpc) is 2.60. The minimum absolute atomic E-state index is 0.340. The number of benzene rings is 2. The van der Waals surface area contributed by atoms with E-state index in [9.17, 15) is 9.59 Å². The van der Waals surface area contributed by atoms with Crippen molar-refractivity contribution >= 4 is 17.6 Å². The molecule has 6 heteroatoms. The largest absolute Gasteiger partial charge is 0.497 e. The number of hydrogen-bond acceptors (Lipinski definition) is 5. The average molecular weight is 328 g/mol. The van der Waals surface area contributed by atoms with E-state index in [1.54, 1.807) is 31.4 Å². The molecule has 0 radical (unpaired) electrons. The highest BCUT2D eigenvalue weighted by Gasteiger charge is 2.18. The maximum absolute atomic E-state index is 12.0. The highest BCUT2D eigenvalue weighted by Crippen LogP contribution is 2.11. The van der Waals surface area contributed by atoms with Gasteiger partial charge < -0.3 is 20.5 Å². The van der Waals surface area contributed by atoms with Crippen molar-refractivity contribution in [3.8, 4) is 5.75 Å². The second-order valence-corrected chi connectivity index (χ2v) is 5.24. The lowest BCUT2D eigenvalue weighted by Crippen LogP contribution is -2.35. The van der Waals surface area contributed by atoms with Crippen molar-refractivity contribution in [1.29, 1.82) is 0 Å². The number of nitrogens with one attached hydrogen (secondary N) is 1. The first-order valence-corrected chi connectivity index (χ1v) is 7.46. The van der Waals surface area contributed by atoms with E-state index in [-0.39, 0.29) is 5.91 Å². The van der Waals surface area contributed by atoms with Gasteiger partial charge in [-0.2, -0.15) is 0 Å². The van der Waals surface area contributed by atoms with Gasteiger partial charge in [0, 0.05) is 12.2 Å². The van der Waals surface area contributed by atoms with E-state index in [1.165, 1.54) is 6.92 Å². The van der Waals surface area contributed by atoms with E-state index in [0.717, 1.165) is 11.3 Å². The maximum Gasteiger partial charge on any atom is 0.338 e. The third-order valence-electron chi connectivity index (χ3n) is 3.43. The summed E-state index contributed by atoms with van der Waals surface area (Å²) in [5, 5.41) is 2.73. The standard InChI is InChI=1S/C18H20N2O4/c1-12(24-18(22)14-5-7-15(19)8-6-14)17(21)20-11-13-3-9-16(23-2)10-4-13/h3-10,12H,11,19H2,1-2H3,(H,20,21)/t12-/m1/s1. The smallest absolute Gasteiger partial charge is 0.338 e. The molecule has 0 aromatic heterocycles. The number of anilines is 1. The van der Waals surface area contributed by atoms with Crippen LogP contribution in [0.15, 0.2) is 48.5 Å². The summed E-state index contributed by atoms with van der Waals surface area (Å²) in [4.78, 5) is 24.0. The zero-order valence-electron chi connectivity index (χ0n) is 13.6. The first-order valence-electron chi connectivity index (χ1n) is 7.46. The summed E-state index contributed by atoms with van der Waals surface area (Å²) >= 11 is 0. The Kier molecular flexibility index (Phi) is 5.78. The van der Waals surface area contributed by atoms with E-state index in [2.05, 4.69) is 5.32 Å². The van der Waals surface area contributed by atoms with Gasteiger partial charge in [-0.05, 0) is 48.9 Å². The SMILES string of the molecule is COc1ccc(CNC(=O)[C@@H](C)OC(=O)c2ccc(N)cc2)cc1. The molecule has 0 aliphatic heterocycles. The minimum atomic E-state index is -0.895. The molecule has 0 aliphatic rings. The van der Waals surface area contributed by atoms with Crippen LogP contribution in [0.4, 0.5) is 5.69 Å². The van der Waals surface area contributed by atoms with Crippen molar-refractivity contribution in [2.45, 2.75) is 19.6 Å². The fourth-order valence-electron chi connectivity index (χ4n) is 1.98. The van der Waals surface area contributed by atoms with Crippen LogP contribution in [0, 0.1) is 0 Å². The zero-order chi connectivity index (χ0) is 17.5. The number of ether oxygens (including phenoxy) is 2. The molecule has 0 fully saturated rings. The molecule has 6 nitrogen and oxygen atoms in total. The van der Waals surface area contributed by atoms with Gasteiger partial charge in [-0.25, -0.2) is 4.79 Å². The lowest BCUT2D eigenvalue weighted by Gasteiger charge is -2.14. The van der Waals surface area contributed by atoms with Crippen LogP contribution in [0.3, 0.4) is 0 Å². The maximum atomic E-state index is 12.0. The normalized spacial score (nSPS) is 11.4. The highest BCUT2D eigenvalue weighted by atomic mass is 16.5. The van der Waals surface area contributed by atoms with E-state index in [0.29, 0.717) is 17.8 Å². The number of carbonyl (C=O) groups is 2. The Morgan fingerprint density at radius 1 is 1.08 bits per heavy atom. The number of carbonyl (C=O) groups excluding carboxylic acids is 2. The third-order valence-corrected chi connectivity index (χ3v) is 3.43. The van der Waals surface area contributed by atoms with Crippen LogP contribution in [0.25, 0.3) is 0 Å². The van der Waals surface area contributed by atoms with Crippen LogP contribution < -0.4 is 15.8 Å². The quantitative estimate of drug-likeness (QED) is 0.626. The van der Waals surface area contributed by atoms with Crippen LogP contribution in [-0.2, 0) is 16.1 Å². The van der Waals surface area contributed by atoms with Gasteiger partial charge in [-0.1, -0.05) is 12.1 Å².